The first kappa shape index (κ1) is 22.0. The van der Waals surface area contributed by atoms with Gasteiger partial charge < -0.3 is 14.8 Å². The summed E-state index contributed by atoms with van der Waals surface area (Å²) in [7, 11) is 1.67. The van der Waals surface area contributed by atoms with Crippen LogP contribution in [0.25, 0.3) is 11.1 Å². The van der Waals surface area contributed by atoms with Crippen LogP contribution in [0.4, 0.5) is 0 Å². The molecule has 4 rings (SSSR count). The maximum Gasteiger partial charge on any atom is 0.226 e. The zero-order chi connectivity index (χ0) is 22.2. The van der Waals surface area contributed by atoms with Crippen LogP contribution in [0, 0.1) is 5.41 Å². The molecule has 0 unspecified atom stereocenters. The molecule has 5 heteroatoms. The molecule has 5 nitrogen and oxygen atoms in total. The number of carbonyl (C=O) groups is 1. The van der Waals surface area contributed by atoms with Crippen molar-refractivity contribution in [2.24, 2.45) is 5.41 Å². The van der Waals surface area contributed by atoms with E-state index in [-0.39, 0.29) is 5.91 Å². The molecule has 32 heavy (non-hydrogen) atoms. The topological polar surface area (TPSA) is 60.5 Å². The summed E-state index contributed by atoms with van der Waals surface area (Å²) in [4.78, 5) is 17.7. The standard InChI is InChI=1S/C27H30N2O3/c1-31-25-10-8-22(9-11-25)23-6-4-5-21(19-23)20-27(13-17-32-18-14-27)26(30)29-16-12-24-7-2-3-15-28-24/h2-11,15,19H,12-14,16-18,20H2,1H3,(H,29,30). The van der Waals surface area contributed by atoms with Crippen molar-refractivity contribution in [2.45, 2.75) is 25.7 Å². The van der Waals surface area contributed by atoms with Crippen LogP contribution in [-0.4, -0.2) is 37.8 Å². The largest absolute Gasteiger partial charge is 0.497 e. The summed E-state index contributed by atoms with van der Waals surface area (Å²) in [5.74, 6) is 0.958. The molecule has 0 bridgehead atoms. The van der Waals surface area contributed by atoms with Crippen LogP contribution in [0.3, 0.4) is 0 Å². The average molecular weight is 431 g/mol. The number of benzene rings is 2. The van der Waals surface area contributed by atoms with Crippen LogP contribution in [0.1, 0.15) is 24.1 Å². The number of amides is 1. The molecular formula is C27H30N2O3. The molecule has 1 aromatic heterocycles. The Bertz CT molecular complexity index is 1010. The van der Waals surface area contributed by atoms with Crippen molar-refractivity contribution in [3.05, 3.63) is 84.2 Å². The van der Waals surface area contributed by atoms with Gasteiger partial charge in [0.25, 0.3) is 0 Å². The number of hydrogen-bond donors (Lipinski definition) is 1. The second-order valence-corrected chi connectivity index (χ2v) is 8.33. The third-order valence-corrected chi connectivity index (χ3v) is 6.22. The van der Waals surface area contributed by atoms with E-state index in [4.69, 9.17) is 9.47 Å². The quantitative estimate of drug-likeness (QED) is 0.573. The van der Waals surface area contributed by atoms with Crippen molar-refractivity contribution >= 4 is 5.91 Å². The molecule has 3 aromatic rings. The second kappa shape index (κ2) is 10.4. The Morgan fingerprint density at radius 1 is 1.03 bits per heavy atom. The molecule has 0 saturated carbocycles. The van der Waals surface area contributed by atoms with Gasteiger partial charge >= 0.3 is 0 Å². The van der Waals surface area contributed by atoms with Crippen molar-refractivity contribution in [3.63, 3.8) is 0 Å². The van der Waals surface area contributed by atoms with E-state index in [0.717, 1.165) is 41.8 Å². The lowest BCUT2D eigenvalue weighted by Crippen LogP contribution is -2.46. The highest BCUT2D eigenvalue weighted by Crippen LogP contribution is 2.36. The van der Waals surface area contributed by atoms with Gasteiger partial charge in [-0.1, -0.05) is 42.5 Å². The summed E-state index contributed by atoms with van der Waals surface area (Å²) in [6.07, 6.45) is 4.68. The monoisotopic (exact) mass is 430 g/mol. The minimum atomic E-state index is -0.444. The number of nitrogens with zero attached hydrogens (tertiary/aromatic N) is 1. The van der Waals surface area contributed by atoms with Gasteiger partial charge in [0.05, 0.1) is 12.5 Å². The third-order valence-electron chi connectivity index (χ3n) is 6.22. The van der Waals surface area contributed by atoms with Crippen molar-refractivity contribution in [1.29, 1.82) is 0 Å². The van der Waals surface area contributed by atoms with Crippen LogP contribution in [0.5, 0.6) is 5.75 Å². The van der Waals surface area contributed by atoms with E-state index >= 15 is 0 Å². The fraction of sp³-hybridized carbons (Fsp3) is 0.333. The lowest BCUT2D eigenvalue weighted by atomic mass is 9.74. The van der Waals surface area contributed by atoms with Gasteiger partial charge in [-0.15, -0.1) is 0 Å². The SMILES string of the molecule is COc1ccc(-c2cccc(CC3(C(=O)NCCc4ccccn4)CCOCC3)c2)cc1. The van der Waals surface area contributed by atoms with Crippen LogP contribution in [0.15, 0.2) is 72.9 Å². The number of nitrogens with one attached hydrogen (secondary N) is 1. The number of ether oxygens (including phenoxy) is 2. The van der Waals surface area contributed by atoms with E-state index < -0.39 is 5.41 Å². The van der Waals surface area contributed by atoms with E-state index in [9.17, 15) is 4.79 Å². The van der Waals surface area contributed by atoms with Gasteiger partial charge in [-0.05, 0) is 60.2 Å². The highest BCUT2D eigenvalue weighted by molar-refractivity contribution is 5.83. The summed E-state index contributed by atoms with van der Waals surface area (Å²) < 4.78 is 10.9. The zero-order valence-corrected chi connectivity index (χ0v) is 18.5. The van der Waals surface area contributed by atoms with Gasteiger partial charge in [0, 0.05) is 38.1 Å². The van der Waals surface area contributed by atoms with Crippen LogP contribution >= 0.6 is 0 Å². The fourth-order valence-corrected chi connectivity index (χ4v) is 4.32. The summed E-state index contributed by atoms with van der Waals surface area (Å²) >= 11 is 0. The summed E-state index contributed by atoms with van der Waals surface area (Å²) in [6.45, 7) is 1.82. The Morgan fingerprint density at radius 3 is 2.56 bits per heavy atom. The molecule has 1 fully saturated rings. The van der Waals surface area contributed by atoms with Crippen molar-refractivity contribution in [1.82, 2.24) is 10.3 Å². The van der Waals surface area contributed by atoms with E-state index in [1.54, 1.807) is 13.3 Å². The molecule has 1 N–H and O–H groups in total. The Balaban J connectivity index is 1.47. The molecule has 166 valence electrons. The van der Waals surface area contributed by atoms with E-state index in [1.807, 2.05) is 30.3 Å². The van der Waals surface area contributed by atoms with E-state index in [2.05, 4.69) is 46.7 Å². The maximum atomic E-state index is 13.3. The number of pyridine rings is 1. The molecule has 1 aliphatic rings. The van der Waals surface area contributed by atoms with Crippen molar-refractivity contribution in [2.75, 3.05) is 26.9 Å². The lowest BCUT2D eigenvalue weighted by molar-refractivity contribution is -0.136. The molecule has 0 spiro atoms. The van der Waals surface area contributed by atoms with Gasteiger partial charge in [-0.2, -0.15) is 0 Å². The highest BCUT2D eigenvalue weighted by atomic mass is 16.5. The smallest absolute Gasteiger partial charge is 0.226 e. The van der Waals surface area contributed by atoms with Gasteiger partial charge in [0.15, 0.2) is 0 Å². The minimum Gasteiger partial charge on any atom is -0.497 e. The number of carbonyl (C=O) groups excluding carboxylic acids is 1. The van der Waals surface area contributed by atoms with E-state index in [1.165, 1.54) is 5.56 Å². The number of methoxy groups -OCH3 is 1. The summed E-state index contributed by atoms with van der Waals surface area (Å²) in [5.41, 5.74) is 3.98. The minimum absolute atomic E-state index is 0.117. The van der Waals surface area contributed by atoms with Crippen LogP contribution in [-0.2, 0) is 22.4 Å². The highest BCUT2D eigenvalue weighted by Gasteiger charge is 2.39. The first-order valence-electron chi connectivity index (χ1n) is 11.2. The average Bonchev–Trinajstić information content (AvgIpc) is 2.85. The van der Waals surface area contributed by atoms with Gasteiger partial charge in [-0.3, -0.25) is 9.78 Å². The molecule has 1 amide bonds. The first-order valence-corrected chi connectivity index (χ1v) is 11.2. The molecule has 0 radical (unpaired) electrons. The molecular weight excluding hydrogens is 400 g/mol. The molecule has 2 heterocycles. The van der Waals surface area contributed by atoms with Crippen LogP contribution < -0.4 is 10.1 Å². The van der Waals surface area contributed by atoms with Gasteiger partial charge in [0.2, 0.25) is 5.91 Å². The normalized spacial score (nSPS) is 15.2. The Labute approximate surface area is 189 Å². The molecule has 1 aliphatic heterocycles. The molecule has 2 aromatic carbocycles. The molecule has 1 saturated heterocycles. The molecule has 0 atom stereocenters. The zero-order valence-electron chi connectivity index (χ0n) is 18.5. The predicted molar refractivity (Wildman–Crippen MR) is 126 cm³/mol. The van der Waals surface area contributed by atoms with Crippen molar-refractivity contribution in [3.8, 4) is 16.9 Å². The number of rotatable bonds is 8. The predicted octanol–water partition coefficient (Wildman–Crippen LogP) is 4.46. The number of aromatic nitrogens is 1. The summed E-state index contributed by atoms with van der Waals surface area (Å²) in [5, 5.41) is 3.17. The summed E-state index contributed by atoms with van der Waals surface area (Å²) in [6, 6.07) is 22.4. The first-order chi connectivity index (χ1) is 15.7. The van der Waals surface area contributed by atoms with Crippen molar-refractivity contribution < 1.29 is 14.3 Å². The maximum absolute atomic E-state index is 13.3. The Morgan fingerprint density at radius 2 is 1.84 bits per heavy atom. The second-order valence-electron chi connectivity index (χ2n) is 8.33. The third kappa shape index (κ3) is 5.35. The Kier molecular flexibility index (Phi) is 7.17. The van der Waals surface area contributed by atoms with E-state index in [0.29, 0.717) is 26.2 Å². The van der Waals surface area contributed by atoms with Crippen LogP contribution in [0.2, 0.25) is 0 Å². The van der Waals surface area contributed by atoms with Gasteiger partial charge in [-0.25, -0.2) is 0 Å². The molecule has 0 aliphatic carbocycles. The Hall–Kier alpha value is -3.18. The van der Waals surface area contributed by atoms with Gasteiger partial charge in [0.1, 0.15) is 5.75 Å². The lowest BCUT2D eigenvalue weighted by Gasteiger charge is -2.36. The number of hydrogen-bond acceptors (Lipinski definition) is 4. The fourth-order valence-electron chi connectivity index (χ4n) is 4.32.